The first-order valence-electron chi connectivity index (χ1n) is 6.91. The second kappa shape index (κ2) is 6.68. The predicted octanol–water partition coefficient (Wildman–Crippen LogP) is 2.52. The van der Waals surface area contributed by atoms with Crippen LogP contribution in [0.15, 0.2) is 18.2 Å². The Morgan fingerprint density at radius 2 is 1.73 bits per heavy atom. The van der Waals surface area contributed by atoms with Crippen molar-refractivity contribution in [1.29, 1.82) is 0 Å². The summed E-state index contributed by atoms with van der Waals surface area (Å²) in [6.45, 7) is 8.13. The van der Waals surface area contributed by atoms with Crippen LogP contribution < -0.4 is 10.6 Å². The van der Waals surface area contributed by atoms with Gasteiger partial charge in [0.2, 0.25) is 5.91 Å². The van der Waals surface area contributed by atoms with E-state index in [0.717, 1.165) is 6.07 Å². The number of ketones is 1. The molecule has 1 rings (SSSR count). The van der Waals surface area contributed by atoms with Gasteiger partial charge in [-0.05, 0) is 30.5 Å². The molecule has 22 heavy (non-hydrogen) atoms. The Balaban J connectivity index is 2.98. The zero-order valence-electron chi connectivity index (χ0n) is 13.4. The number of carbonyl (C=O) groups is 3. The second-order valence-electron chi connectivity index (χ2n) is 6.26. The number of anilines is 1. The lowest BCUT2D eigenvalue weighted by atomic mass is 9.84. The highest BCUT2D eigenvalue weighted by atomic mass is 19.1. The van der Waals surface area contributed by atoms with Crippen LogP contribution in [0, 0.1) is 11.2 Å². The summed E-state index contributed by atoms with van der Waals surface area (Å²) < 4.78 is 14.0. The lowest BCUT2D eigenvalue weighted by Crippen LogP contribution is -2.48. The van der Waals surface area contributed by atoms with Crippen LogP contribution in [0.5, 0.6) is 0 Å². The largest absolute Gasteiger partial charge is 0.342 e. The Morgan fingerprint density at radius 3 is 2.14 bits per heavy atom. The van der Waals surface area contributed by atoms with Gasteiger partial charge in [0.25, 0.3) is 5.91 Å². The minimum absolute atomic E-state index is 0.176. The molecule has 0 heterocycles. The molecule has 0 aliphatic rings. The third kappa shape index (κ3) is 4.65. The zero-order chi connectivity index (χ0) is 17.1. The molecule has 0 unspecified atom stereocenters. The van der Waals surface area contributed by atoms with Gasteiger partial charge in [0, 0.05) is 12.6 Å². The van der Waals surface area contributed by atoms with Crippen molar-refractivity contribution in [1.82, 2.24) is 5.32 Å². The smallest absolute Gasteiger partial charge is 0.254 e. The summed E-state index contributed by atoms with van der Waals surface area (Å²) in [4.78, 5) is 34.8. The summed E-state index contributed by atoms with van der Waals surface area (Å²) in [6.07, 6.45) is 0. The van der Waals surface area contributed by atoms with Crippen LogP contribution in [-0.4, -0.2) is 23.6 Å². The number of nitrogens with one attached hydrogen (secondary N) is 2. The number of hydrogen-bond donors (Lipinski definition) is 2. The molecule has 0 aromatic heterocycles. The Morgan fingerprint density at radius 1 is 1.14 bits per heavy atom. The summed E-state index contributed by atoms with van der Waals surface area (Å²) in [5.41, 5.74) is -0.390. The number of hydrogen-bond acceptors (Lipinski definition) is 3. The van der Waals surface area contributed by atoms with Gasteiger partial charge in [-0.2, -0.15) is 0 Å². The number of amides is 2. The highest BCUT2D eigenvalue weighted by Gasteiger charge is 2.30. The summed E-state index contributed by atoms with van der Waals surface area (Å²) in [5.74, 6) is -1.96. The van der Waals surface area contributed by atoms with Crippen molar-refractivity contribution in [2.24, 2.45) is 5.41 Å². The van der Waals surface area contributed by atoms with Crippen molar-refractivity contribution < 1.29 is 18.8 Å². The molecular weight excluding hydrogens is 287 g/mol. The van der Waals surface area contributed by atoms with Crippen molar-refractivity contribution in [3.8, 4) is 0 Å². The molecule has 0 aliphatic heterocycles. The molecule has 5 nitrogen and oxygen atoms in total. The SMILES string of the molecule is CC(=O)Nc1ccc(C(=O)N[C@H](C(C)=O)C(C)(C)C)c(F)c1. The van der Waals surface area contributed by atoms with Crippen LogP contribution in [0.3, 0.4) is 0 Å². The van der Waals surface area contributed by atoms with Crippen molar-refractivity contribution in [3.63, 3.8) is 0 Å². The van der Waals surface area contributed by atoms with E-state index >= 15 is 0 Å². The molecule has 1 aromatic carbocycles. The molecule has 0 aliphatic carbocycles. The van der Waals surface area contributed by atoms with Gasteiger partial charge < -0.3 is 10.6 Å². The standard InChI is InChI=1S/C16H21FN2O3/c1-9(20)14(16(3,4)5)19-15(22)12-7-6-11(8-13(12)17)18-10(2)21/h6-8,14H,1-5H3,(H,18,21)(H,19,22)/t14-/m1/s1. The van der Waals surface area contributed by atoms with E-state index in [0.29, 0.717) is 0 Å². The quantitative estimate of drug-likeness (QED) is 0.897. The summed E-state index contributed by atoms with van der Waals surface area (Å²) in [5, 5.41) is 4.99. The molecule has 1 aromatic rings. The third-order valence-corrected chi connectivity index (χ3v) is 3.08. The lowest BCUT2D eigenvalue weighted by molar-refractivity contribution is -0.121. The molecule has 0 radical (unpaired) electrons. The predicted molar refractivity (Wildman–Crippen MR) is 82.1 cm³/mol. The van der Waals surface area contributed by atoms with Crippen LogP contribution in [0.2, 0.25) is 0 Å². The van der Waals surface area contributed by atoms with E-state index in [9.17, 15) is 18.8 Å². The fraction of sp³-hybridized carbons (Fsp3) is 0.438. The Bertz CT molecular complexity index is 606. The minimum Gasteiger partial charge on any atom is -0.342 e. The van der Waals surface area contributed by atoms with Crippen molar-refractivity contribution in [3.05, 3.63) is 29.6 Å². The van der Waals surface area contributed by atoms with Gasteiger partial charge in [-0.15, -0.1) is 0 Å². The fourth-order valence-corrected chi connectivity index (χ4v) is 2.12. The molecule has 0 saturated heterocycles. The fourth-order valence-electron chi connectivity index (χ4n) is 2.12. The molecule has 2 amide bonds. The summed E-state index contributed by atoms with van der Waals surface area (Å²) in [7, 11) is 0. The maximum Gasteiger partial charge on any atom is 0.254 e. The van der Waals surface area contributed by atoms with Gasteiger partial charge in [0.05, 0.1) is 11.6 Å². The molecular formula is C16H21FN2O3. The van der Waals surface area contributed by atoms with Crippen LogP contribution >= 0.6 is 0 Å². The molecule has 2 N–H and O–H groups in total. The Kier molecular flexibility index (Phi) is 5.41. The van der Waals surface area contributed by atoms with Crippen LogP contribution in [0.25, 0.3) is 0 Å². The first-order valence-corrected chi connectivity index (χ1v) is 6.91. The van der Waals surface area contributed by atoms with E-state index in [-0.39, 0.29) is 22.9 Å². The van der Waals surface area contributed by atoms with Crippen molar-refractivity contribution in [2.75, 3.05) is 5.32 Å². The first kappa shape index (κ1) is 17.8. The average molecular weight is 308 g/mol. The van der Waals surface area contributed by atoms with Crippen molar-refractivity contribution in [2.45, 2.75) is 40.7 Å². The first-order chi connectivity index (χ1) is 10.0. The maximum absolute atomic E-state index is 14.0. The number of rotatable bonds is 4. The van der Waals surface area contributed by atoms with E-state index in [4.69, 9.17) is 0 Å². The lowest BCUT2D eigenvalue weighted by Gasteiger charge is -2.29. The summed E-state index contributed by atoms with van der Waals surface area (Å²) >= 11 is 0. The number of Topliss-reactive ketones (excluding diaryl/α,β-unsaturated/α-hetero) is 1. The van der Waals surface area contributed by atoms with Gasteiger partial charge in [-0.3, -0.25) is 14.4 Å². The topological polar surface area (TPSA) is 75.3 Å². The van der Waals surface area contributed by atoms with Crippen LogP contribution in [0.1, 0.15) is 45.0 Å². The van der Waals surface area contributed by atoms with Gasteiger partial charge in [0.1, 0.15) is 5.82 Å². The van der Waals surface area contributed by atoms with Crippen LogP contribution in [0.4, 0.5) is 10.1 Å². The molecule has 0 saturated carbocycles. The average Bonchev–Trinajstić information content (AvgIpc) is 2.33. The number of carbonyl (C=O) groups excluding carboxylic acids is 3. The second-order valence-corrected chi connectivity index (χ2v) is 6.26. The third-order valence-electron chi connectivity index (χ3n) is 3.08. The monoisotopic (exact) mass is 308 g/mol. The van der Waals surface area contributed by atoms with Gasteiger partial charge >= 0.3 is 0 Å². The van der Waals surface area contributed by atoms with Crippen molar-refractivity contribution >= 4 is 23.3 Å². The van der Waals surface area contributed by atoms with E-state index in [2.05, 4.69) is 10.6 Å². The maximum atomic E-state index is 14.0. The number of halogens is 1. The Hall–Kier alpha value is -2.24. The number of benzene rings is 1. The van der Waals surface area contributed by atoms with Gasteiger partial charge in [-0.1, -0.05) is 20.8 Å². The molecule has 0 spiro atoms. The normalized spacial score (nSPS) is 12.5. The van der Waals surface area contributed by atoms with Crippen LogP contribution in [-0.2, 0) is 9.59 Å². The van der Waals surface area contributed by atoms with Gasteiger partial charge in [0.15, 0.2) is 5.78 Å². The van der Waals surface area contributed by atoms with E-state index in [1.165, 1.54) is 26.0 Å². The summed E-state index contributed by atoms with van der Waals surface area (Å²) in [6, 6.07) is 3.06. The molecule has 120 valence electrons. The highest BCUT2D eigenvalue weighted by molar-refractivity contribution is 5.98. The Labute approximate surface area is 129 Å². The van der Waals surface area contributed by atoms with Gasteiger partial charge in [-0.25, -0.2) is 4.39 Å². The molecule has 6 heteroatoms. The zero-order valence-corrected chi connectivity index (χ0v) is 13.4. The van der Waals surface area contributed by atoms with E-state index in [1.54, 1.807) is 0 Å². The molecule has 0 fully saturated rings. The highest BCUT2D eigenvalue weighted by Crippen LogP contribution is 2.21. The van der Waals surface area contributed by atoms with E-state index < -0.39 is 23.2 Å². The molecule has 0 bridgehead atoms. The van der Waals surface area contributed by atoms with E-state index in [1.807, 2.05) is 20.8 Å². The minimum atomic E-state index is -0.764. The molecule has 1 atom stereocenters.